The predicted octanol–water partition coefficient (Wildman–Crippen LogP) is 4.59. The number of amides is 2. The fourth-order valence-electron chi connectivity index (χ4n) is 4.16. The number of unbranched alkanes of at least 4 members (excludes halogenated alkanes) is 5. The zero-order valence-corrected chi connectivity index (χ0v) is 17.1. The summed E-state index contributed by atoms with van der Waals surface area (Å²) in [6.45, 7) is 2.64. The average molecular weight is 396 g/mol. The molecule has 1 aliphatic carbocycles. The van der Waals surface area contributed by atoms with Gasteiger partial charge in [-0.15, -0.1) is 0 Å². The van der Waals surface area contributed by atoms with Crippen molar-refractivity contribution in [2.75, 3.05) is 6.54 Å². The Bertz CT molecular complexity index is 912. The smallest absolute Gasteiger partial charge is 0.262 e. The number of carbonyl (C=O) groups is 3. The summed E-state index contributed by atoms with van der Waals surface area (Å²) in [5.74, 6) is -0.480. The SMILES string of the molecule is CCCCCCCCN1C(=O)C2=C(C1=O)C1=C(Cc3ccccc3S1)C(=O)C2. The van der Waals surface area contributed by atoms with Crippen LogP contribution in [0.4, 0.5) is 0 Å². The summed E-state index contributed by atoms with van der Waals surface area (Å²) in [5, 5.41) is 0. The monoisotopic (exact) mass is 395 g/mol. The summed E-state index contributed by atoms with van der Waals surface area (Å²) >= 11 is 1.47. The number of nitrogens with zero attached hydrogens (tertiary/aromatic N) is 1. The van der Waals surface area contributed by atoms with Gasteiger partial charge in [0, 0.05) is 40.3 Å². The highest BCUT2D eigenvalue weighted by atomic mass is 32.2. The highest BCUT2D eigenvalue weighted by molar-refractivity contribution is 8.03. The lowest BCUT2D eigenvalue weighted by molar-refractivity contribution is -0.137. The summed E-state index contributed by atoms with van der Waals surface area (Å²) in [4.78, 5) is 41.8. The van der Waals surface area contributed by atoms with Crippen LogP contribution in [0.1, 0.15) is 57.4 Å². The van der Waals surface area contributed by atoms with Crippen molar-refractivity contribution >= 4 is 29.4 Å². The molecular formula is C23H25NO3S. The van der Waals surface area contributed by atoms with Crippen molar-refractivity contribution in [1.29, 1.82) is 0 Å². The second kappa shape index (κ2) is 8.08. The lowest BCUT2D eigenvalue weighted by atomic mass is 9.88. The predicted molar refractivity (Wildman–Crippen MR) is 110 cm³/mol. The molecule has 0 spiro atoms. The number of hydrogen-bond acceptors (Lipinski definition) is 4. The number of thioether (sulfide) groups is 1. The van der Waals surface area contributed by atoms with E-state index in [2.05, 4.69) is 6.92 Å². The highest BCUT2D eigenvalue weighted by Crippen LogP contribution is 2.48. The van der Waals surface area contributed by atoms with Crippen LogP contribution in [0.25, 0.3) is 0 Å². The number of fused-ring (bicyclic) bond motifs is 2. The number of imide groups is 1. The maximum atomic E-state index is 13.1. The van der Waals surface area contributed by atoms with E-state index in [0.29, 0.717) is 34.6 Å². The molecule has 3 aliphatic rings. The van der Waals surface area contributed by atoms with Gasteiger partial charge in [0.25, 0.3) is 11.8 Å². The zero-order valence-electron chi connectivity index (χ0n) is 16.3. The van der Waals surface area contributed by atoms with E-state index in [1.165, 1.54) is 35.9 Å². The number of Topliss-reactive ketones (excluding diaryl/α,β-unsaturated/α-hetero) is 1. The molecule has 1 aromatic carbocycles. The fraction of sp³-hybridized carbons (Fsp3) is 0.435. The maximum Gasteiger partial charge on any atom is 0.262 e. The molecule has 2 aliphatic heterocycles. The largest absolute Gasteiger partial charge is 0.294 e. The number of ketones is 1. The highest BCUT2D eigenvalue weighted by Gasteiger charge is 2.45. The van der Waals surface area contributed by atoms with E-state index in [-0.39, 0.29) is 24.0 Å². The Morgan fingerprint density at radius 1 is 0.893 bits per heavy atom. The zero-order chi connectivity index (χ0) is 19.7. The van der Waals surface area contributed by atoms with Gasteiger partial charge in [-0.1, -0.05) is 69.0 Å². The third-order valence-electron chi connectivity index (χ3n) is 5.73. The van der Waals surface area contributed by atoms with Crippen LogP contribution < -0.4 is 0 Å². The first-order chi connectivity index (χ1) is 13.6. The van der Waals surface area contributed by atoms with Crippen molar-refractivity contribution < 1.29 is 14.4 Å². The van der Waals surface area contributed by atoms with Gasteiger partial charge in [0.2, 0.25) is 0 Å². The van der Waals surface area contributed by atoms with E-state index in [4.69, 9.17) is 0 Å². The second-order valence-electron chi connectivity index (χ2n) is 7.68. The number of allylic oxidation sites excluding steroid dienone is 1. The third kappa shape index (κ3) is 3.37. The molecule has 0 unspecified atom stereocenters. The topological polar surface area (TPSA) is 54.5 Å². The van der Waals surface area contributed by atoms with Crippen molar-refractivity contribution in [1.82, 2.24) is 4.90 Å². The minimum Gasteiger partial charge on any atom is -0.294 e. The van der Waals surface area contributed by atoms with Gasteiger partial charge in [-0.25, -0.2) is 0 Å². The minimum absolute atomic E-state index is 0.0154. The molecule has 0 bridgehead atoms. The van der Waals surface area contributed by atoms with Crippen LogP contribution >= 0.6 is 11.8 Å². The summed E-state index contributed by atoms with van der Waals surface area (Å²) in [6.07, 6.45) is 7.24. The quantitative estimate of drug-likeness (QED) is 0.501. The van der Waals surface area contributed by atoms with Crippen LogP contribution in [0.3, 0.4) is 0 Å². The second-order valence-corrected chi connectivity index (χ2v) is 8.73. The van der Waals surface area contributed by atoms with Crippen LogP contribution in [0.2, 0.25) is 0 Å². The molecule has 2 amide bonds. The first-order valence-electron chi connectivity index (χ1n) is 10.2. The molecular weight excluding hydrogens is 370 g/mol. The molecule has 0 radical (unpaired) electrons. The lowest BCUT2D eigenvalue weighted by Gasteiger charge is -2.25. The number of carbonyl (C=O) groups excluding carboxylic acids is 3. The molecule has 0 saturated carbocycles. The van der Waals surface area contributed by atoms with Gasteiger partial charge in [0.1, 0.15) is 0 Å². The molecule has 4 rings (SSSR count). The molecule has 5 heteroatoms. The van der Waals surface area contributed by atoms with Gasteiger partial charge < -0.3 is 0 Å². The van der Waals surface area contributed by atoms with Crippen molar-refractivity contribution in [2.24, 2.45) is 0 Å². The average Bonchev–Trinajstić information content (AvgIpc) is 2.94. The molecule has 1 aromatic rings. The standard InChI is InChI=1S/C23H25NO3S/c1-2-3-4-5-6-9-12-24-22(26)17-14-18(25)16-13-15-10-7-8-11-19(15)28-21(16)20(17)23(24)27/h7-8,10-11H,2-6,9,12-14H2,1H3. The Morgan fingerprint density at radius 3 is 2.46 bits per heavy atom. The molecule has 0 fully saturated rings. The Kier molecular flexibility index (Phi) is 5.54. The molecule has 0 atom stereocenters. The first-order valence-corrected chi connectivity index (χ1v) is 11.0. The van der Waals surface area contributed by atoms with Crippen molar-refractivity contribution in [3.63, 3.8) is 0 Å². The van der Waals surface area contributed by atoms with E-state index < -0.39 is 0 Å². The van der Waals surface area contributed by atoms with Gasteiger partial charge >= 0.3 is 0 Å². The molecule has 0 N–H and O–H groups in total. The van der Waals surface area contributed by atoms with Gasteiger partial charge in [0.15, 0.2) is 5.78 Å². The maximum absolute atomic E-state index is 13.1. The molecule has 2 heterocycles. The van der Waals surface area contributed by atoms with E-state index in [0.717, 1.165) is 29.7 Å². The van der Waals surface area contributed by atoms with Gasteiger partial charge in [-0.2, -0.15) is 0 Å². The van der Waals surface area contributed by atoms with Crippen LogP contribution in [-0.4, -0.2) is 29.0 Å². The van der Waals surface area contributed by atoms with Gasteiger partial charge in [0.05, 0.1) is 5.57 Å². The Balaban J connectivity index is 1.51. The minimum atomic E-state index is -0.257. The Morgan fingerprint density at radius 2 is 1.64 bits per heavy atom. The normalized spacial score (nSPS) is 18.6. The van der Waals surface area contributed by atoms with E-state index in [9.17, 15) is 14.4 Å². The molecule has 0 aromatic heterocycles. The van der Waals surface area contributed by atoms with Crippen LogP contribution in [0.5, 0.6) is 0 Å². The number of hydrogen-bond donors (Lipinski definition) is 0. The van der Waals surface area contributed by atoms with E-state index >= 15 is 0 Å². The summed E-state index contributed by atoms with van der Waals surface area (Å²) < 4.78 is 0. The molecule has 146 valence electrons. The van der Waals surface area contributed by atoms with Crippen molar-refractivity contribution in [2.45, 2.75) is 63.2 Å². The third-order valence-corrected chi connectivity index (χ3v) is 7.00. The Labute approximate surface area is 170 Å². The summed E-state index contributed by atoms with van der Waals surface area (Å²) in [7, 11) is 0. The lowest BCUT2D eigenvalue weighted by Crippen LogP contribution is -2.32. The van der Waals surface area contributed by atoms with Crippen LogP contribution in [0.15, 0.2) is 50.8 Å². The summed E-state index contributed by atoms with van der Waals surface area (Å²) in [6, 6.07) is 7.97. The molecule has 4 nitrogen and oxygen atoms in total. The van der Waals surface area contributed by atoms with Gasteiger partial charge in [-0.3, -0.25) is 19.3 Å². The Hall–Kier alpha value is -2.14. The van der Waals surface area contributed by atoms with Crippen LogP contribution in [0, 0.1) is 0 Å². The van der Waals surface area contributed by atoms with E-state index in [1.54, 1.807) is 0 Å². The van der Waals surface area contributed by atoms with Crippen molar-refractivity contribution in [3.05, 3.63) is 51.5 Å². The first kappa shape index (κ1) is 19.2. The van der Waals surface area contributed by atoms with Gasteiger partial charge in [-0.05, 0) is 18.1 Å². The number of rotatable bonds is 7. The van der Waals surface area contributed by atoms with E-state index in [1.807, 2.05) is 24.3 Å². The summed E-state index contributed by atoms with van der Waals surface area (Å²) in [5.41, 5.74) is 2.71. The van der Waals surface area contributed by atoms with Crippen LogP contribution in [-0.2, 0) is 20.8 Å². The fourth-order valence-corrected chi connectivity index (χ4v) is 5.42. The number of benzene rings is 1. The van der Waals surface area contributed by atoms with Crippen molar-refractivity contribution in [3.8, 4) is 0 Å². The molecule has 0 saturated heterocycles. The molecule has 28 heavy (non-hydrogen) atoms.